The Hall–Kier alpha value is -2.67. The standard InChI is InChI=1S/C24H27FN4OS/c1-13(10-27-23(30)22-21(26)18-5-3-14(2)28-24(18)31-22)17-4-6-20(19(25)9-17)29-11-15-7-16(8-15)12-29/h3-6,9,13,15-16H,7-8,10-12,26H2,1-2H3,(H,27,30)/t13-,15?,16?/m1/s1. The number of fused-ring (bicyclic) bond motifs is 3. The van der Waals surface area contributed by atoms with Crippen molar-refractivity contribution in [2.24, 2.45) is 11.8 Å². The van der Waals surface area contributed by atoms with Crippen molar-refractivity contribution in [1.29, 1.82) is 0 Å². The fraction of sp³-hybridized carbons (Fsp3) is 0.417. The number of hydrogen-bond donors (Lipinski definition) is 2. The van der Waals surface area contributed by atoms with E-state index in [4.69, 9.17) is 5.73 Å². The number of hydrogen-bond acceptors (Lipinski definition) is 5. The topological polar surface area (TPSA) is 71.2 Å². The summed E-state index contributed by atoms with van der Waals surface area (Å²) in [7, 11) is 0. The van der Waals surface area contributed by atoms with Crippen molar-refractivity contribution in [2.45, 2.75) is 32.6 Å². The molecule has 162 valence electrons. The minimum absolute atomic E-state index is 0.0155. The second kappa shape index (κ2) is 7.79. The minimum atomic E-state index is -0.213. The maximum atomic E-state index is 14.9. The molecule has 1 aromatic carbocycles. The molecule has 1 atom stereocenters. The largest absolute Gasteiger partial charge is 0.397 e. The molecule has 0 radical (unpaired) electrons. The second-order valence-electron chi connectivity index (χ2n) is 9.08. The van der Waals surface area contributed by atoms with Crippen LogP contribution in [0.1, 0.15) is 46.6 Å². The van der Waals surface area contributed by atoms with E-state index in [1.807, 2.05) is 38.1 Å². The number of aryl methyl sites for hydroxylation is 1. The smallest absolute Gasteiger partial charge is 0.263 e. The average Bonchev–Trinajstić information content (AvgIpc) is 3.06. The summed E-state index contributed by atoms with van der Waals surface area (Å²) < 4.78 is 14.9. The Bertz CT molecular complexity index is 1140. The van der Waals surface area contributed by atoms with Gasteiger partial charge in [-0.05, 0) is 67.3 Å². The maximum absolute atomic E-state index is 14.9. The molecule has 3 fully saturated rings. The van der Waals surface area contributed by atoms with E-state index in [1.54, 1.807) is 6.07 Å². The summed E-state index contributed by atoms with van der Waals surface area (Å²) in [6.07, 6.45) is 2.60. The molecule has 2 aromatic heterocycles. The molecule has 1 aliphatic carbocycles. The third kappa shape index (κ3) is 3.76. The van der Waals surface area contributed by atoms with Gasteiger partial charge in [0.2, 0.25) is 0 Å². The van der Waals surface area contributed by atoms with Crippen LogP contribution in [0.4, 0.5) is 15.8 Å². The van der Waals surface area contributed by atoms with Gasteiger partial charge in [0.1, 0.15) is 15.5 Å². The van der Waals surface area contributed by atoms with Crippen molar-refractivity contribution in [3.63, 3.8) is 0 Å². The van der Waals surface area contributed by atoms with Crippen LogP contribution in [0, 0.1) is 24.6 Å². The number of nitrogens with two attached hydrogens (primary N) is 1. The van der Waals surface area contributed by atoms with E-state index in [-0.39, 0.29) is 17.6 Å². The molecule has 0 unspecified atom stereocenters. The van der Waals surface area contributed by atoms with Crippen LogP contribution in [-0.4, -0.2) is 30.5 Å². The first-order valence-electron chi connectivity index (χ1n) is 10.9. The molecule has 3 N–H and O–H groups in total. The fourth-order valence-electron chi connectivity index (χ4n) is 4.85. The molecule has 2 aliphatic heterocycles. The lowest BCUT2D eigenvalue weighted by molar-refractivity contribution is 0.0956. The molecule has 4 heterocycles. The van der Waals surface area contributed by atoms with Gasteiger partial charge in [0.15, 0.2) is 0 Å². The number of benzene rings is 1. The molecule has 1 saturated carbocycles. The van der Waals surface area contributed by atoms with Crippen LogP contribution < -0.4 is 16.0 Å². The number of thiophene rings is 1. The Morgan fingerprint density at radius 1 is 1.29 bits per heavy atom. The first kappa shape index (κ1) is 20.2. The first-order chi connectivity index (χ1) is 14.9. The molecule has 5 nitrogen and oxygen atoms in total. The number of anilines is 2. The number of piperidine rings is 2. The molecular weight excluding hydrogens is 411 g/mol. The predicted octanol–water partition coefficient (Wildman–Crippen LogP) is 4.71. The van der Waals surface area contributed by atoms with E-state index in [0.717, 1.165) is 46.4 Å². The Morgan fingerprint density at radius 3 is 2.74 bits per heavy atom. The highest BCUT2D eigenvalue weighted by atomic mass is 32.1. The zero-order chi connectivity index (χ0) is 21.7. The highest BCUT2D eigenvalue weighted by Crippen LogP contribution is 2.41. The third-order valence-electron chi connectivity index (χ3n) is 6.68. The van der Waals surface area contributed by atoms with Gasteiger partial charge >= 0.3 is 0 Å². The lowest BCUT2D eigenvalue weighted by atomic mass is 9.71. The van der Waals surface area contributed by atoms with E-state index >= 15 is 0 Å². The summed E-state index contributed by atoms with van der Waals surface area (Å²) >= 11 is 1.30. The van der Waals surface area contributed by atoms with Gasteiger partial charge < -0.3 is 16.0 Å². The molecule has 2 saturated heterocycles. The molecule has 31 heavy (non-hydrogen) atoms. The number of halogens is 1. The van der Waals surface area contributed by atoms with Gasteiger partial charge in [-0.2, -0.15) is 0 Å². The summed E-state index contributed by atoms with van der Waals surface area (Å²) in [4.78, 5) is 20.6. The highest BCUT2D eigenvalue weighted by Gasteiger charge is 2.37. The van der Waals surface area contributed by atoms with Gasteiger partial charge in [-0.3, -0.25) is 4.79 Å². The number of carbonyl (C=O) groups is 1. The highest BCUT2D eigenvalue weighted by molar-refractivity contribution is 7.21. The molecule has 2 bridgehead atoms. The van der Waals surface area contributed by atoms with Crippen molar-refractivity contribution in [2.75, 3.05) is 30.3 Å². The van der Waals surface area contributed by atoms with Crippen molar-refractivity contribution in [1.82, 2.24) is 10.3 Å². The van der Waals surface area contributed by atoms with Crippen LogP contribution in [0.3, 0.4) is 0 Å². The Morgan fingerprint density at radius 2 is 2.03 bits per heavy atom. The number of rotatable bonds is 5. The van der Waals surface area contributed by atoms with Gasteiger partial charge in [-0.15, -0.1) is 11.3 Å². The molecule has 3 aromatic rings. The second-order valence-corrected chi connectivity index (χ2v) is 10.1. The Kier molecular flexibility index (Phi) is 5.08. The van der Waals surface area contributed by atoms with Crippen molar-refractivity contribution >= 4 is 38.8 Å². The number of carbonyl (C=O) groups excluding carboxylic acids is 1. The number of aromatic nitrogens is 1. The lowest BCUT2D eigenvalue weighted by Crippen LogP contribution is -2.48. The van der Waals surface area contributed by atoms with Crippen molar-refractivity contribution in [3.05, 3.63) is 52.3 Å². The molecule has 1 amide bonds. The van der Waals surface area contributed by atoms with Crippen LogP contribution in [-0.2, 0) is 0 Å². The predicted molar refractivity (Wildman–Crippen MR) is 124 cm³/mol. The Labute approximate surface area is 185 Å². The van der Waals surface area contributed by atoms with Gasteiger partial charge in [0.25, 0.3) is 5.91 Å². The summed E-state index contributed by atoms with van der Waals surface area (Å²) in [6.45, 7) is 6.23. The summed E-state index contributed by atoms with van der Waals surface area (Å²) in [6, 6.07) is 9.29. The number of amides is 1. The van der Waals surface area contributed by atoms with Crippen LogP contribution in [0.2, 0.25) is 0 Å². The third-order valence-corrected chi connectivity index (χ3v) is 7.79. The van der Waals surface area contributed by atoms with E-state index in [0.29, 0.717) is 22.8 Å². The van der Waals surface area contributed by atoms with E-state index in [2.05, 4.69) is 15.2 Å². The van der Waals surface area contributed by atoms with Gasteiger partial charge in [0.05, 0.1) is 11.4 Å². The van der Waals surface area contributed by atoms with Gasteiger partial charge in [0, 0.05) is 30.7 Å². The van der Waals surface area contributed by atoms with E-state index in [1.165, 1.54) is 24.2 Å². The normalized spacial score (nSPS) is 21.1. The van der Waals surface area contributed by atoms with Crippen molar-refractivity contribution in [3.8, 4) is 0 Å². The summed E-state index contributed by atoms with van der Waals surface area (Å²) in [5.74, 6) is 1.06. The number of nitrogen functional groups attached to an aromatic ring is 1. The van der Waals surface area contributed by atoms with Crippen LogP contribution in [0.25, 0.3) is 10.2 Å². The van der Waals surface area contributed by atoms with Crippen LogP contribution in [0.15, 0.2) is 30.3 Å². The number of nitrogens with zero attached hydrogens (tertiary/aromatic N) is 2. The van der Waals surface area contributed by atoms with Crippen molar-refractivity contribution < 1.29 is 9.18 Å². The average molecular weight is 439 g/mol. The van der Waals surface area contributed by atoms with E-state index < -0.39 is 0 Å². The zero-order valence-electron chi connectivity index (χ0n) is 17.8. The Balaban J connectivity index is 1.25. The van der Waals surface area contributed by atoms with Crippen LogP contribution >= 0.6 is 11.3 Å². The molecule has 7 heteroatoms. The van der Waals surface area contributed by atoms with Gasteiger partial charge in [-0.25, -0.2) is 9.37 Å². The molecule has 6 rings (SSSR count). The first-order valence-corrected chi connectivity index (χ1v) is 11.7. The number of nitrogens with one attached hydrogen (secondary N) is 1. The minimum Gasteiger partial charge on any atom is -0.397 e. The fourth-order valence-corrected chi connectivity index (χ4v) is 5.91. The maximum Gasteiger partial charge on any atom is 0.263 e. The van der Waals surface area contributed by atoms with E-state index in [9.17, 15) is 9.18 Å². The van der Waals surface area contributed by atoms with Crippen LogP contribution in [0.5, 0.6) is 0 Å². The monoisotopic (exact) mass is 438 g/mol. The quantitative estimate of drug-likeness (QED) is 0.605. The summed E-state index contributed by atoms with van der Waals surface area (Å²) in [5.41, 5.74) is 9.12. The molecule has 3 aliphatic rings. The zero-order valence-corrected chi connectivity index (χ0v) is 18.6. The lowest BCUT2D eigenvalue weighted by Gasteiger charge is -2.48. The molecular formula is C24H27FN4OS. The SMILES string of the molecule is Cc1ccc2c(N)c(C(=O)NC[C@@H](C)c3ccc(N4CC5CC(C5)C4)c(F)c3)sc2n1. The number of pyridine rings is 1. The summed E-state index contributed by atoms with van der Waals surface area (Å²) in [5, 5.41) is 3.76. The molecule has 0 spiro atoms. The van der Waals surface area contributed by atoms with Gasteiger partial charge in [-0.1, -0.05) is 13.0 Å².